The van der Waals surface area contributed by atoms with Crippen LogP contribution >= 0.6 is 11.6 Å². The molecule has 0 saturated carbocycles. The molecule has 0 unspecified atom stereocenters. The zero-order valence-corrected chi connectivity index (χ0v) is 12.3. The Morgan fingerprint density at radius 1 is 1.40 bits per heavy atom. The third-order valence-electron chi connectivity index (χ3n) is 4.62. The molecule has 1 aromatic rings. The molecule has 0 aromatic heterocycles. The number of likely N-dealkylation sites (tertiary alicyclic amines) is 2. The number of carbonyl (C=O) groups is 1. The fourth-order valence-electron chi connectivity index (χ4n) is 3.41. The zero-order valence-electron chi connectivity index (χ0n) is 11.6. The normalized spacial score (nSPS) is 24.9. The first-order chi connectivity index (χ1) is 9.54. The van der Waals surface area contributed by atoms with Gasteiger partial charge in [0.05, 0.1) is 5.54 Å². The van der Waals surface area contributed by atoms with E-state index in [-0.39, 0.29) is 18.1 Å². The van der Waals surface area contributed by atoms with Gasteiger partial charge in [0.2, 0.25) is 0 Å². The van der Waals surface area contributed by atoms with Crippen molar-refractivity contribution in [3.63, 3.8) is 0 Å². The molecule has 5 heteroatoms. The number of hydrogen-bond donors (Lipinski definition) is 1. The Bertz CT molecular complexity index is 511. The lowest BCUT2D eigenvalue weighted by molar-refractivity contribution is -0.00774. The average Bonchev–Trinajstić information content (AvgIpc) is 2.74. The molecule has 1 N–H and O–H groups in total. The quantitative estimate of drug-likeness (QED) is 0.898. The Balaban J connectivity index is 1.65. The van der Waals surface area contributed by atoms with Crippen LogP contribution in [0.1, 0.15) is 16.8 Å². The van der Waals surface area contributed by atoms with Gasteiger partial charge in [0.15, 0.2) is 0 Å². The van der Waals surface area contributed by atoms with Crippen LogP contribution in [0.5, 0.6) is 0 Å². The summed E-state index contributed by atoms with van der Waals surface area (Å²) in [5, 5.41) is 9.94. The zero-order chi connectivity index (χ0) is 14.3. The van der Waals surface area contributed by atoms with Crippen LogP contribution in [0.2, 0.25) is 5.02 Å². The Hall–Kier alpha value is -1.10. The van der Waals surface area contributed by atoms with Crippen molar-refractivity contribution in [3.05, 3.63) is 34.9 Å². The van der Waals surface area contributed by atoms with Crippen molar-refractivity contribution in [2.24, 2.45) is 5.92 Å². The summed E-state index contributed by atoms with van der Waals surface area (Å²) >= 11 is 5.84. The summed E-state index contributed by atoms with van der Waals surface area (Å²) in [6, 6.07) is 7.02. The van der Waals surface area contributed by atoms with Gasteiger partial charge in [-0.15, -0.1) is 0 Å². The van der Waals surface area contributed by atoms with Crippen LogP contribution in [0, 0.1) is 5.92 Å². The van der Waals surface area contributed by atoms with E-state index in [2.05, 4.69) is 11.9 Å². The first-order valence-electron chi connectivity index (χ1n) is 6.91. The molecule has 0 bridgehead atoms. The number of aliphatic hydroxyl groups is 1. The Kier molecular flexibility index (Phi) is 3.48. The molecule has 108 valence electrons. The molecule has 4 nitrogen and oxygen atoms in total. The number of rotatable bonds is 2. The molecule has 2 aliphatic rings. The summed E-state index contributed by atoms with van der Waals surface area (Å²) in [5.41, 5.74) is 0.763. The van der Waals surface area contributed by atoms with E-state index in [1.54, 1.807) is 24.3 Å². The fraction of sp³-hybridized carbons (Fsp3) is 0.533. The highest BCUT2D eigenvalue weighted by molar-refractivity contribution is 6.30. The number of benzene rings is 1. The third-order valence-corrected chi connectivity index (χ3v) is 4.87. The lowest BCUT2D eigenvalue weighted by Gasteiger charge is -2.52. The standard InChI is InChI=1S/C15H19ClN2O2/c1-17-7-11(8-19)6-15(17)9-18(10-15)14(20)12-2-4-13(16)5-3-12/h2-5,11,19H,6-10H2,1H3/t11-/m1/s1. The molecule has 1 spiro atoms. The van der Waals surface area contributed by atoms with Gasteiger partial charge in [-0.25, -0.2) is 0 Å². The molecule has 2 heterocycles. The van der Waals surface area contributed by atoms with Gasteiger partial charge >= 0.3 is 0 Å². The van der Waals surface area contributed by atoms with E-state index < -0.39 is 0 Å². The van der Waals surface area contributed by atoms with Crippen LogP contribution in [0.4, 0.5) is 0 Å². The molecule has 0 radical (unpaired) electrons. The molecular weight excluding hydrogens is 276 g/mol. The van der Waals surface area contributed by atoms with Crippen LogP contribution in [0.15, 0.2) is 24.3 Å². The van der Waals surface area contributed by atoms with E-state index in [9.17, 15) is 9.90 Å². The van der Waals surface area contributed by atoms with Crippen molar-refractivity contribution in [3.8, 4) is 0 Å². The van der Waals surface area contributed by atoms with E-state index in [1.807, 2.05) is 4.90 Å². The minimum Gasteiger partial charge on any atom is -0.396 e. The van der Waals surface area contributed by atoms with Crippen LogP contribution in [-0.2, 0) is 0 Å². The number of hydrogen-bond acceptors (Lipinski definition) is 3. The molecule has 3 rings (SSSR count). The van der Waals surface area contributed by atoms with Crippen molar-refractivity contribution >= 4 is 17.5 Å². The number of nitrogens with zero attached hydrogens (tertiary/aromatic N) is 2. The Morgan fingerprint density at radius 3 is 2.60 bits per heavy atom. The smallest absolute Gasteiger partial charge is 0.253 e. The number of likely N-dealkylation sites (N-methyl/N-ethyl adjacent to an activating group) is 1. The molecule has 2 saturated heterocycles. The van der Waals surface area contributed by atoms with Gasteiger partial charge in [0.1, 0.15) is 0 Å². The van der Waals surface area contributed by atoms with Crippen LogP contribution in [-0.4, -0.2) is 59.6 Å². The monoisotopic (exact) mass is 294 g/mol. The highest BCUT2D eigenvalue weighted by Gasteiger charge is 2.52. The lowest BCUT2D eigenvalue weighted by atomic mass is 9.84. The van der Waals surface area contributed by atoms with Crippen molar-refractivity contribution < 1.29 is 9.90 Å². The van der Waals surface area contributed by atoms with Gasteiger partial charge < -0.3 is 10.0 Å². The fourth-order valence-corrected chi connectivity index (χ4v) is 3.54. The van der Waals surface area contributed by atoms with Crippen LogP contribution in [0.25, 0.3) is 0 Å². The first-order valence-corrected chi connectivity index (χ1v) is 7.29. The maximum absolute atomic E-state index is 12.4. The van der Waals surface area contributed by atoms with E-state index in [0.717, 1.165) is 26.1 Å². The summed E-state index contributed by atoms with van der Waals surface area (Å²) in [6.07, 6.45) is 0.977. The molecule has 1 amide bonds. The first kappa shape index (κ1) is 13.9. The predicted octanol–water partition coefficient (Wildman–Crippen LogP) is 1.48. The van der Waals surface area contributed by atoms with E-state index in [1.165, 1.54) is 0 Å². The van der Waals surface area contributed by atoms with Crippen molar-refractivity contribution in [2.75, 3.05) is 33.3 Å². The molecule has 2 fully saturated rings. The highest BCUT2D eigenvalue weighted by atomic mass is 35.5. The average molecular weight is 295 g/mol. The molecule has 1 atom stereocenters. The number of halogens is 1. The Labute approximate surface area is 123 Å². The number of amides is 1. The second-order valence-electron chi connectivity index (χ2n) is 6.03. The van der Waals surface area contributed by atoms with Gasteiger partial charge in [-0.3, -0.25) is 9.69 Å². The van der Waals surface area contributed by atoms with Gasteiger partial charge in [0.25, 0.3) is 5.91 Å². The number of aliphatic hydroxyl groups excluding tert-OH is 1. The van der Waals surface area contributed by atoms with Crippen molar-refractivity contribution in [2.45, 2.75) is 12.0 Å². The molecule has 2 aliphatic heterocycles. The molecule has 1 aromatic carbocycles. The molecular formula is C15H19ClN2O2. The molecule has 0 aliphatic carbocycles. The highest BCUT2D eigenvalue weighted by Crippen LogP contribution is 2.39. The topological polar surface area (TPSA) is 43.8 Å². The van der Waals surface area contributed by atoms with E-state index in [4.69, 9.17) is 11.6 Å². The van der Waals surface area contributed by atoms with Gasteiger partial charge in [-0.1, -0.05) is 11.6 Å². The lowest BCUT2D eigenvalue weighted by Crippen LogP contribution is -2.68. The minimum absolute atomic E-state index is 0.0631. The minimum atomic E-state index is 0.0631. The number of carbonyl (C=O) groups excluding carboxylic acids is 1. The van der Waals surface area contributed by atoms with Crippen molar-refractivity contribution in [1.82, 2.24) is 9.80 Å². The van der Waals surface area contributed by atoms with Crippen LogP contribution < -0.4 is 0 Å². The predicted molar refractivity (Wildman–Crippen MR) is 77.9 cm³/mol. The summed E-state index contributed by atoms with van der Waals surface area (Å²) in [6.45, 7) is 2.65. The molecule has 20 heavy (non-hydrogen) atoms. The summed E-state index contributed by atoms with van der Waals surface area (Å²) in [5.74, 6) is 0.404. The summed E-state index contributed by atoms with van der Waals surface area (Å²) in [4.78, 5) is 16.5. The van der Waals surface area contributed by atoms with Crippen LogP contribution in [0.3, 0.4) is 0 Å². The second-order valence-corrected chi connectivity index (χ2v) is 6.46. The maximum Gasteiger partial charge on any atom is 0.253 e. The van der Waals surface area contributed by atoms with E-state index in [0.29, 0.717) is 16.5 Å². The van der Waals surface area contributed by atoms with Crippen molar-refractivity contribution in [1.29, 1.82) is 0 Å². The van der Waals surface area contributed by atoms with E-state index >= 15 is 0 Å². The third kappa shape index (κ3) is 2.22. The summed E-state index contributed by atoms with van der Waals surface area (Å²) in [7, 11) is 2.08. The summed E-state index contributed by atoms with van der Waals surface area (Å²) < 4.78 is 0. The van der Waals surface area contributed by atoms with Gasteiger partial charge in [-0.05, 0) is 43.7 Å². The van der Waals surface area contributed by atoms with Gasteiger partial charge in [-0.2, -0.15) is 0 Å². The Morgan fingerprint density at radius 2 is 2.05 bits per heavy atom. The maximum atomic E-state index is 12.4. The largest absolute Gasteiger partial charge is 0.396 e. The second kappa shape index (κ2) is 5.02. The SMILES string of the molecule is CN1C[C@H](CO)CC12CN(C(=O)c1ccc(Cl)cc1)C2. The van der Waals surface area contributed by atoms with Gasteiger partial charge in [0, 0.05) is 36.8 Å².